The Balaban J connectivity index is 0.00000133. The fraction of sp³-hybridized carbons (Fsp3) is 0.267. The Morgan fingerprint density at radius 1 is 1.16 bits per heavy atom. The molecule has 1 atom stereocenters. The molecule has 1 heterocycles. The molecular weight excluding hydrogens is 297 g/mol. The highest BCUT2D eigenvalue weighted by atomic mass is 35.5. The van der Waals surface area contributed by atoms with Gasteiger partial charge < -0.3 is 0 Å². The van der Waals surface area contributed by atoms with E-state index in [1.54, 1.807) is 0 Å². The van der Waals surface area contributed by atoms with Crippen LogP contribution in [0.3, 0.4) is 0 Å². The molecule has 1 aromatic carbocycles. The predicted molar refractivity (Wildman–Crippen MR) is 84.5 cm³/mol. The molecule has 1 aliphatic rings. The summed E-state index contributed by atoms with van der Waals surface area (Å²) in [5.74, 6) is 0. The lowest BCUT2D eigenvalue weighted by molar-refractivity contribution is 0.656. The lowest BCUT2D eigenvalue weighted by Gasteiger charge is -2.23. The van der Waals surface area contributed by atoms with Crippen LogP contribution in [0.4, 0.5) is 0 Å². The third-order valence-electron chi connectivity index (χ3n) is 3.24. The first kappa shape index (κ1) is 14.7. The van der Waals surface area contributed by atoms with E-state index in [0.29, 0.717) is 5.25 Å². The molecule has 0 saturated carbocycles. The van der Waals surface area contributed by atoms with Crippen LogP contribution in [0.2, 0.25) is 5.02 Å². The van der Waals surface area contributed by atoms with Crippen LogP contribution in [0, 0.1) is 0 Å². The molecule has 19 heavy (non-hydrogen) atoms. The van der Waals surface area contributed by atoms with Crippen molar-refractivity contribution in [3.05, 3.63) is 58.9 Å². The van der Waals surface area contributed by atoms with Gasteiger partial charge in [-0.15, -0.1) is 24.2 Å². The Labute approximate surface area is 129 Å². The summed E-state index contributed by atoms with van der Waals surface area (Å²) in [4.78, 5) is 5.83. The maximum atomic E-state index is 5.91. The van der Waals surface area contributed by atoms with E-state index < -0.39 is 0 Å². The molecule has 1 unspecified atom stereocenters. The second-order valence-electron chi connectivity index (χ2n) is 4.50. The molecular formula is C15H15Cl2NS. The fourth-order valence-electron chi connectivity index (χ4n) is 2.36. The summed E-state index contributed by atoms with van der Waals surface area (Å²) in [6.45, 7) is 0. The Morgan fingerprint density at radius 3 is 2.74 bits per heavy atom. The number of fused-ring (bicyclic) bond motifs is 1. The van der Waals surface area contributed by atoms with Crippen LogP contribution < -0.4 is 0 Å². The van der Waals surface area contributed by atoms with Crippen LogP contribution >= 0.6 is 35.8 Å². The third-order valence-corrected chi connectivity index (χ3v) is 4.78. The van der Waals surface area contributed by atoms with Gasteiger partial charge in [-0.1, -0.05) is 17.7 Å². The molecule has 3 rings (SSSR count). The van der Waals surface area contributed by atoms with Gasteiger partial charge in [0.05, 0.1) is 10.9 Å². The number of benzene rings is 1. The number of nitrogens with zero attached hydrogens (tertiary/aromatic N) is 1. The van der Waals surface area contributed by atoms with Crippen molar-refractivity contribution in [1.82, 2.24) is 4.98 Å². The lowest BCUT2D eigenvalue weighted by Crippen LogP contribution is -2.08. The minimum atomic E-state index is 0. The molecule has 100 valence electrons. The van der Waals surface area contributed by atoms with E-state index in [0.717, 1.165) is 5.02 Å². The highest BCUT2D eigenvalue weighted by molar-refractivity contribution is 7.99. The molecule has 1 aliphatic carbocycles. The number of aromatic nitrogens is 1. The average Bonchev–Trinajstić information content (AvgIpc) is 2.42. The fourth-order valence-corrected chi connectivity index (χ4v) is 3.72. The molecule has 0 saturated heterocycles. The summed E-state index contributed by atoms with van der Waals surface area (Å²) >= 11 is 7.81. The Bertz CT molecular complexity index is 542. The first-order valence-corrected chi connectivity index (χ1v) is 7.45. The molecule has 0 fully saturated rings. The van der Waals surface area contributed by atoms with Gasteiger partial charge in [-0.05, 0) is 55.2 Å². The minimum Gasteiger partial charge on any atom is -0.260 e. The van der Waals surface area contributed by atoms with Crippen molar-refractivity contribution in [3.8, 4) is 0 Å². The van der Waals surface area contributed by atoms with Crippen molar-refractivity contribution in [2.24, 2.45) is 0 Å². The highest BCUT2D eigenvalue weighted by Crippen LogP contribution is 2.42. The van der Waals surface area contributed by atoms with Crippen LogP contribution in [-0.4, -0.2) is 4.98 Å². The minimum absolute atomic E-state index is 0. The Kier molecular flexibility index (Phi) is 5.14. The van der Waals surface area contributed by atoms with E-state index in [4.69, 9.17) is 11.6 Å². The number of aryl methyl sites for hydroxylation is 1. The third kappa shape index (κ3) is 3.44. The maximum absolute atomic E-state index is 5.91. The van der Waals surface area contributed by atoms with Gasteiger partial charge >= 0.3 is 0 Å². The van der Waals surface area contributed by atoms with Crippen LogP contribution in [0.1, 0.15) is 29.3 Å². The van der Waals surface area contributed by atoms with Gasteiger partial charge in [0.15, 0.2) is 0 Å². The van der Waals surface area contributed by atoms with Gasteiger partial charge in [-0.2, -0.15) is 0 Å². The van der Waals surface area contributed by atoms with Gasteiger partial charge in [0, 0.05) is 16.1 Å². The molecule has 1 nitrogen and oxygen atoms in total. The van der Waals surface area contributed by atoms with E-state index >= 15 is 0 Å². The zero-order valence-electron chi connectivity index (χ0n) is 10.4. The van der Waals surface area contributed by atoms with Crippen molar-refractivity contribution >= 4 is 35.8 Å². The lowest BCUT2D eigenvalue weighted by atomic mass is 9.96. The van der Waals surface area contributed by atoms with E-state index in [-0.39, 0.29) is 12.4 Å². The van der Waals surface area contributed by atoms with Crippen LogP contribution in [0.25, 0.3) is 0 Å². The number of rotatable bonds is 2. The van der Waals surface area contributed by atoms with E-state index in [1.165, 1.54) is 35.4 Å². The number of hydrogen-bond acceptors (Lipinski definition) is 2. The van der Waals surface area contributed by atoms with Crippen molar-refractivity contribution in [2.75, 3.05) is 0 Å². The topological polar surface area (TPSA) is 12.9 Å². The van der Waals surface area contributed by atoms with Gasteiger partial charge in [0.25, 0.3) is 0 Å². The molecule has 0 radical (unpaired) electrons. The summed E-state index contributed by atoms with van der Waals surface area (Å²) in [7, 11) is 0. The van der Waals surface area contributed by atoms with Crippen molar-refractivity contribution in [3.63, 3.8) is 0 Å². The molecule has 4 heteroatoms. The summed E-state index contributed by atoms with van der Waals surface area (Å²) in [5.41, 5.74) is 2.68. The predicted octanol–water partition coefficient (Wildman–Crippen LogP) is 5.33. The summed E-state index contributed by atoms with van der Waals surface area (Å²) in [5, 5.41) is 1.28. The smallest absolute Gasteiger partial charge is 0.0569 e. The molecule has 1 aromatic heterocycles. The second kappa shape index (κ2) is 6.65. The monoisotopic (exact) mass is 311 g/mol. The normalized spacial score (nSPS) is 17.4. The van der Waals surface area contributed by atoms with Gasteiger partial charge in [0.2, 0.25) is 0 Å². The first-order valence-electron chi connectivity index (χ1n) is 6.19. The van der Waals surface area contributed by atoms with Crippen molar-refractivity contribution in [2.45, 2.75) is 29.4 Å². The van der Waals surface area contributed by atoms with Crippen LogP contribution in [0.15, 0.2) is 47.5 Å². The molecule has 0 spiro atoms. The molecule has 2 aromatic rings. The molecule has 0 aliphatic heterocycles. The Hall–Kier alpha value is -0.700. The standard InChI is InChI=1S/C15H14ClNS.ClH/c16-12-6-8-13(9-7-12)18-14-5-1-3-11-4-2-10-17-15(11)14;/h2,4,6-10,14H,1,3,5H2;1H. The molecule has 0 N–H and O–H groups in total. The van der Waals surface area contributed by atoms with Crippen molar-refractivity contribution < 1.29 is 0 Å². The van der Waals surface area contributed by atoms with Gasteiger partial charge in [-0.25, -0.2) is 0 Å². The maximum Gasteiger partial charge on any atom is 0.0569 e. The zero-order chi connectivity index (χ0) is 12.4. The zero-order valence-corrected chi connectivity index (χ0v) is 12.8. The average molecular weight is 312 g/mol. The first-order chi connectivity index (χ1) is 8.83. The second-order valence-corrected chi connectivity index (χ2v) is 6.21. The SMILES string of the molecule is Cl.Clc1ccc(SC2CCCc3cccnc32)cc1. The number of thioether (sulfide) groups is 1. The summed E-state index contributed by atoms with van der Waals surface area (Å²) in [6, 6.07) is 12.3. The highest BCUT2D eigenvalue weighted by Gasteiger charge is 2.21. The largest absolute Gasteiger partial charge is 0.260 e. The van der Waals surface area contributed by atoms with E-state index in [1.807, 2.05) is 36.2 Å². The molecule has 0 amide bonds. The Morgan fingerprint density at radius 2 is 1.95 bits per heavy atom. The number of halogens is 2. The molecule has 0 bridgehead atoms. The van der Waals surface area contributed by atoms with E-state index in [9.17, 15) is 0 Å². The van der Waals surface area contributed by atoms with E-state index in [2.05, 4.69) is 23.2 Å². The summed E-state index contributed by atoms with van der Waals surface area (Å²) < 4.78 is 0. The quantitative estimate of drug-likeness (QED) is 0.743. The van der Waals surface area contributed by atoms with Crippen molar-refractivity contribution in [1.29, 1.82) is 0 Å². The number of pyridine rings is 1. The van der Waals surface area contributed by atoms with Gasteiger partial charge in [0.1, 0.15) is 0 Å². The van der Waals surface area contributed by atoms with Gasteiger partial charge in [-0.3, -0.25) is 4.98 Å². The number of hydrogen-bond donors (Lipinski definition) is 0. The summed E-state index contributed by atoms with van der Waals surface area (Å²) in [6.07, 6.45) is 5.53. The van der Waals surface area contributed by atoms with Crippen LogP contribution in [-0.2, 0) is 6.42 Å². The van der Waals surface area contributed by atoms with Crippen LogP contribution in [0.5, 0.6) is 0 Å².